The SMILES string of the molecule is Nc1nc(-c2ccc(F)cc2)c(CCBr)s1. The molecule has 0 saturated heterocycles. The molecule has 1 aromatic carbocycles. The molecule has 2 nitrogen and oxygen atoms in total. The highest BCUT2D eigenvalue weighted by Crippen LogP contribution is 2.30. The van der Waals surface area contributed by atoms with Crippen molar-refractivity contribution in [1.82, 2.24) is 4.98 Å². The van der Waals surface area contributed by atoms with Crippen molar-refractivity contribution in [2.75, 3.05) is 11.1 Å². The lowest BCUT2D eigenvalue weighted by molar-refractivity contribution is 0.628. The molecule has 0 radical (unpaired) electrons. The number of benzene rings is 1. The van der Waals surface area contributed by atoms with Gasteiger partial charge in [0.1, 0.15) is 5.82 Å². The fraction of sp³-hybridized carbons (Fsp3) is 0.182. The molecule has 84 valence electrons. The lowest BCUT2D eigenvalue weighted by atomic mass is 10.1. The van der Waals surface area contributed by atoms with Crippen molar-refractivity contribution >= 4 is 32.4 Å². The molecular weight excluding hydrogens is 291 g/mol. The summed E-state index contributed by atoms with van der Waals surface area (Å²) < 4.78 is 12.8. The summed E-state index contributed by atoms with van der Waals surface area (Å²) in [4.78, 5) is 5.41. The molecule has 0 fully saturated rings. The van der Waals surface area contributed by atoms with Crippen LogP contribution < -0.4 is 5.73 Å². The summed E-state index contributed by atoms with van der Waals surface area (Å²) >= 11 is 4.87. The molecule has 0 saturated carbocycles. The van der Waals surface area contributed by atoms with E-state index in [-0.39, 0.29) is 5.82 Å². The largest absolute Gasteiger partial charge is 0.375 e. The number of nitrogens with two attached hydrogens (primary N) is 1. The lowest BCUT2D eigenvalue weighted by Gasteiger charge is -2.00. The van der Waals surface area contributed by atoms with E-state index in [4.69, 9.17) is 5.73 Å². The van der Waals surface area contributed by atoms with Crippen LogP contribution in [0.1, 0.15) is 4.88 Å². The number of nitrogen functional groups attached to an aromatic ring is 1. The smallest absolute Gasteiger partial charge is 0.180 e. The lowest BCUT2D eigenvalue weighted by Crippen LogP contribution is -1.88. The van der Waals surface area contributed by atoms with Crippen molar-refractivity contribution in [2.45, 2.75) is 6.42 Å². The van der Waals surface area contributed by atoms with Crippen molar-refractivity contribution in [2.24, 2.45) is 0 Å². The number of nitrogens with zero attached hydrogens (tertiary/aromatic N) is 1. The Morgan fingerprint density at radius 2 is 2.00 bits per heavy atom. The van der Waals surface area contributed by atoms with Gasteiger partial charge in [0.05, 0.1) is 5.69 Å². The average molecular weight is 301 g/mol. The maximum Gasteiger partial charge on any atom is 0.180 e. The predicted octanol–water partition coefficient (Wildman–Crippen LogP) is 3.47. The van der Waals surface area contributed by atoms with Gasteiger partial charge in [-0.3, -0.25) is 0 Å². The van der Waals surface area contributed by atoms with Crippen LogP contribution in [0.4, 0.5) is 9.52 Å². The van der Waals surface area contributed by atoms with Gasteiger partial charge in [-0.05, 0) is 30.7 Å². The highest BCUT2D eigenvalue weighted by atomic mass is 79.9. The van der Waals surface area contributed by atoms with Gasteiger partial charge in [0.25, 0.3) is 0 Å². The van der Waals surface area contributed by atoms with Crippen molar-refractivity contribution in [3.8, 4) is 11.3 Å². The molecule has 0 spiro atoms. The normalized spacial score (nSPS) is 10.6. The summed E-state index contributed by atoms with van der Waals surface area (Å²) in [5, 5.41) is 1.42. The van der Waals surface area contributed by atoms with Crippen molar-refractivity contribution in [3.63, 3.8) is 0 Å². The molecule has 2 N–H and O–H groups in total. The summed E-state index contributed by atoms with van der Waals surface area (Å²) in [6.07, 6.45) is 0.877. The van der Waals surface area contributed by atoms with E-state index in [1.807, 2.05) is 0 Å². The van der Waals surface area contributed by atoms with Crippen LogP contribution in [0.15, 0.2) is 24.3 Å². The quantitative estimate of drug-likeness (QED) is 0.882. The van der Waals surface area contributed by atoms with Crippen LogP contribution in [-0.4, -0.2) is 10.3 Å². The maximum atomic E-state index is 12.8. The zero-order valence-corrected chi connectivity index (χ0v) is 10.8. The fourth-order valence-electron chi connectivity index (χ4n) is 1.46. The first-order valence-electron chi connectivity index (χ1n) is 4.78. The standard InChI is InChI=1S/C11H10BrFN2S/c12-6-5-9-10(15-11(14)16-9)7-1-3-8(13)4-2-7/h1-4H,5-6H2,(H2,14,15). The van der Waals surface area contributed by atoms with Crippen LogP contribution >= 0.6 is 27.3 Å². The second kappa shape index (κ2) is 4.93. The molecule has 1 heterocycles. The van der Waals surface area contributed by atoms with E-state index in [0.29, 0.717) is 5.13 Å². The Morgan fingerprint density at radius 3 is 2.62 bits per heavy atom. The van der Waals surface area contributed by atoms with E-state index in [2.05, 4.69) is 20.9 Å². The molecule has 1 aromatic heterocycles. The number of thiazole rings is 1. The Kier molecular flexibility index (Phi) is 3.56. The Balaban J connectivity index is 2.42. The third-order valence-corrected chi connectivity index (χ3v) is 3.49. The number of anilines is 1. The van der Waals surface area contributed by atoms with Gasteiger partial charge in [-0.15, -0.1) is 11.3 Å². The second-order valence-corrected chi connectivity index (χ2v) is 5.18. The van der Waals surface area contributed by atoms with E-state index in [1.54, 1.807) is 12.1 Å². The van der Waals surface area contributed by atoms with Gasteiger partial charge in [-0.1, -0.05) is 15.9 Å². The van der Waals surface area contributed by atoms with Gasteiger partial charge in [-0.25, -0.2) is 9.37 Å². The Labute approximate surface area is 105 Å². The first kappa shape index (κ1) is 11.5. The molecule has 0 aliphatic rings. The zero-order chi connectivity index (χ0) is 11.5. The van der Waals surface area contributed by atoms with E-state index in [1.165, 1.54) is 23.5 Å². The molecule has 5 heteroatoms. The molecular formula is C11H10BrFN2S. The van der Waals surface area contributed by atoms with E-state index >= 15 is 0 Å². The summed E-state index contributed by atoms with van der Waals surface area (Å²) in [5.41, 5.74) is 7.47. The van der Waals surface area contributed by atoms with E-state index < -0.39 is 0 Å². The number of hydrogen-bond acceptors (Lipinski definition) is 3. The minimum absolute atomic E-state index is 0.242. The van der Waals surface area contributed by atoms with Crippen molar-refractivity contribution in [3.05, 3.63) is 35.0 Å². The van der Waals surface area contributed by atoms with Crippen LogP contribution in [0.25, 0.3) is 11.3 Å². The van der Waals surface area contributed by atoms with E-state index in [9.17, 15) is 4.39 Å². The maximum absolute atomic E-state index is 12.8. The minimum Gasteiger partial charge on any atom is -0.375 e. The second-order valence-electron chi connectivity index (χ2n) is 3.27. The number of alkyl halides is 1. The number of hydrogen-bond donors (Lipinski definition) is 1. The zero-order valence-electron chi connectivity index (χ0n) is 8.41. The van der Waals surface area contributed by atoms with Crippen LogP contribution in [0.5, 0.6) is 0 Å². The monoisotopic (exact) mass is 300 g/mol. The minimum atomic E-state index is -0.242. The third kappa shape index (κ3) is 2.41. The molecule has 0 bridgehead atoms. The van der Waals surface area contributed by atoms with E-state index in [0.717, 1.165) is 27.9 Å². The van der Waals surface area contributed by atoms with Gasteiger partial charge in [-0.2, -0.15) is 0 Å². The average Bonchev–Trinajstić information content (AvgIpc) is 2.61. The summed E-state index contributed by atoms with van der Waals surface area (Å²) in [5.74, 6) is -0.242. The first-order valence-corrected chi connectivity index (χ1v) is 6.71. The molecule has 0 aliphatic carbocycles. The van der Waals surface area contributed by atoms with Gasteiger partial charge < -0.3 is 5.73 Å². The topological polar surface area (TPSA) is 38.9 Å². The number of rotatable bonds is 3. The Hall–Kier alpha value is -0.940. The van der Waals surface area contributed by atoms with Crippen LogP contribution in [0, 0.1) is 5.82 Å². The molecule has 0 atom stereocenters. The Morgan fingerprint density at radius 1 is 1.31 bits per heavy atom. The number of aromatic nitrogens is 1. The molecule has 2 rings (SSSR count). The molecule has 16 heavy (non-hydrogen) atoms. The fourth-order valence-corrected chi connectivity index (χ4v) is 2.97. The van der Waals surface area contributed by atoms with Gasteiger partial charge >= 0.3 is 0 Å². The first-order chi connectivity index (χ1) is 7.70. The Bertz CT molecular complexity index is 481. The molecule has 2 aromatic rings. The third-order valence-electron chi connectivity index (χ3n) is 2.15. The highest BCUT2D eigenvalue weighted by molar-refractivity contribution is 9.09. The van der Waals surface area contributed by atoms with Gasteiger partial charge in [0.15, 0.2) is 5.13 Å². The van der Waals surface area contributed by atoms with Gasteiger partial charge in [0, 0.05) is 15.8 Å². The highest BCUT2D eigenvalue weighted by Gasteiger charge is 2.10. The van der Waals surface area contributed by atoms with Crippen LogP contribution in [0.3, 0.4) is 0 Å². The number of halogens is 2. The summed E-state index contributed by atoms with van der Waals surface area (Å²) in [7, 11) is 0. The van der Waals surface area contributed by atoms with Crippen molar-refractivity contribution < 1.29 is 4.39 Å². The van der Waals surface area contributed by atoms with Crippen LogP contribution in [0.2, 0.25) is 0 Å². The summed E-state index contributed by atoms with van der Waals surface area (Å²) in [6, 6.07) is 6.31. The predicted molar refractivity (Wildman–Crippen MR) is 69.4 cm³/mol. The molecule has 0 amide bonds. The van der Waals surface area contributed by atoms with Crippen molar-refractivity contribution in [1.29, 1.82) is 0 Å². The molecule has 0 unspecified atom stereocenters. The summed E-state index contributed by atoms with van der Waals surface area (Å²) in [6.45, 7) is 0. The number of aryl methyl sites for hydroxylation is 1. The van der Waals surface area contributed by atoms with Gasteiger partial charge in [0.2, 0.25) is 0 Å². The van der Waals surface area contributed by atoms with Crippen LogP contribution in [-0.2, 0) is 6.42 Å². The molecule has 0 aliphatic heterocycles.